The molecule has 5 aromatic rings. The highest BCUT2D eigenvalue weighted by Gasteiger charge is 2.21. The molecule has 0 radical (unpaired) electrons. The van der Waals surface area contributed by atoms with Crippen LogP contribution in [0.4, 0.5) is 0 Å². The molecule has 3 aromatic heterocycles. The number of pyridine rings is 1. The molecule has 6 rings (SSSR count). The SMILES string of the molecule is c1ccc(-c2nnc3sc4cc5c(nc4c3c2-c2ccccc2)CCOC5)cc1. The molecule has 5 heteroatoms. The molecule has 140 valence electrons. The largest absolute Gasteiger partial charge is 0.376 e. The Balaban J connectivity index is 1.74. The summed E-state index contributed by atoms with van der Waals surface area (Å²) < 4.78 is 6.77. The van der Waals surface area contributed by atoms with Crippen molar-refractivity contribution in [2.75, 3.05) is 6.61 Å². The molecule has 0 saturated carbocycles. The van der Waals surface area contributed by atoms with Crippen molar-refractivity contribution >= 4 is 31.8 Å². The van der Waals surface area contributed by atoms with Crippen LogP contribution in [0.5, 0.6) is 0 Å². The first-order valence-corrected chi connectivity index (χ1v) is 10.5. The lowest BCUT2D eigenvalue weighted by Crippen LogP contribution is -2.11. The third-order valence-electron chi connectivity index (χ3n) is 5.39. The van der Waals surface area contributed by atoms with Crippen LogP contribution >= 0.6 is 11.3 Å². The predicted octanol–water partition coefficient (Wildman–Crippen LogP) is 5.65. The van der Waals surface area contributed by atoms with Crippen LogP contribution in [0, 0.1) is 0 Å². The van der Waals surface area contributed by atoms with Gasteiger partial charge in [-0.2, -0.15) is 0 Å². The summed E-state index contributed by atoms with van der Waals surface area (Å²) in [7, 11) is 0. The maximum Gasteiger partial charge on any atom is 0.149 e. The maximum atomic E-state index is 5.63. The second-order valence-electron chi connectivity index (χ2n) is 7.18. The highest BCUT2D eigenvalue weighted by atomic mass is 32.1. The maximum absolute atomic E-state index is 5.63. The smallest absolute Gasteiger partial charge is 0.149 e. The van der Waals surface area contributed by atoms with Gasteiger partial charge in [0.05, 0.1) is 23.4 Å². The molecule has 1 aliphatic rings. The molecule has 0 aliphatic carbocycles. The van der Waals surface area contributed by atoms with E-state index in [0.29, 0.717) is 6.61 Å². The molecular formula is C24H17N3OS. The van der Waals surface area contributed by atoms with E-state index >= 15 is 0 Å². The Labute approximate surface area is 171 Å². The van der Waals surface area contributed by atoms with Crippen molar-refractivity contribution in [1.29, 1.82) is 0 Å². The fourth-order valence-corrected chi connectivity index (χ4v) is 5.06. The van der Waals surface area contributed by atoms with Gasteiger partial charge >= 0.3 is 0 Å². The highest BCUT2D eigenvalue weighted by Crippen LogP contribution is 2.42. The molecule has 0 spiro atoms. The van der Waals surface area contributed by atoms with Gasteiger partial charge in [0, 0.05) is 34.2 Å². The van der Waals surface area contributed by atoms with Crippen molar-refractivity contribution in [2.24, 2.45) is 0 Å². The quantitative estimate of drug-likeness (QED) is 0.388. The van der Waals surface area contributed by atoms with Crippen molar-refractivity contribution in [1.82, 2.24) is 15.2 Å². The minimum absolute atomic E-state index is 0.638. The Bertz CT molecular complexity index is 1350. The zero-order valence-corrected chi connectivity index (χ0v) is 16.4. The van der Waals surface area contributed by atoms with Gasteiger partial charge in [-0.3, -0.25) is 4.98 Å². The summed E-state index contributed by atoms with van der Waals surface area (Å²) in [6, 6.07) is 22.9. The molecule has 4 heterocycles. The number of benzene rings is 2. The van der Waals surface area contributed by atoms with Crippen molar-refractivity contribution in [3.63, 3.8) is 0 Å². The molecule has 0 fully saturated rings. The minimum atomic E-state index is 0.638. The first-order chi connectivity index (χ1) is 14.4. The molecular weight excluding hydrogens is 378 g/mol. The fourth-order valence-electron chi connectivity index (χ4n) is 4.02. The van der Waals surface area contributed by atoms with Crippen molar-refractivity contribution in [3.8, 4) is 22.4 Å². The Kier molecular flexibility index (Phi) is 3.89. The van der Waals surface area contributed by atoms with E-state index in [1.165, 1.54) is 5.56 Å². The van der Waals surface area contributed by atoms with Gasteiger partial charge in [0.2, 0.25) is 0 Å². The standard InChI is InChI=1S/C24H17N3OS/c1-3-7-15(8-4-1)20-21-23-19(13-17-14-28-12-11-18(17)25-23)29-24(21)27-26-22(20)16-9-5-2-6-10-16/h1-10,13H,11-12,14H2. The van der Waals surface area contributed by atoms with Crippen LogP contribution in [0.25, 0.3) is 42.8 Å². The van der Waals surface area contributed by atoms with Gasteiger partial charge < -0.3 is 4.74 Å². The van der Waals surface area contributed by atoms with E-state index in [1.807, 2.05) is 24.3 Å². The van der Waals surface area contributed by atoms with Crippen molar-refractivity contribution in [2.45, 2.75) is 13.0 Å². The number of hydrogen-bond acceptors (Lipinski definition) is 5. The summed E-state index contributed by atoms with van der Waals surface area (Å²) in [5.41, 5.74) is 7.55. The normalized spacial score (nSPS) is 13.7. The van der Waals surface area contributed by atoms with Crippen LogP contribution in [0.1, 0.15) is 11.3 Å². The van der Waals surface area contributed by atoms with E-state index < -0.39 is 0 Å². The van der Waals surface area contributed by atoms with E-state index in [1.54, 1.807) is 11.3 Å². The monoisotopic (exact) mass is 395 g/mol. The molecule has 2 aromatic carbocycles. The van der Waals surface area contributed by atoms with Gasteiger partial charge in [-0.05, 0) is 11.6 Å². The summed E-state index contributed by atoms with van der Waals surface area (Å²) in [5.74, 6) is 0. The third kappa shape index (κ3) is 2.74. The van der Waals surface area contributed by atoms with E-state index in [2.05, 4.69) is 52.7 Å². The number of ether oxygens (including phenoxy) is 1. The van der Waals surface area contributed by atoms with Crippen LogP contribution in [0.3, 0.4) is 0 Å². The van der Waals surface area contributed by atoms with Gasteiger partial charge in [-0.25, -0.2) is 0 Å². The lowest BCUT2D eigenvalue weighted by molar-refractivity contribution is 0.109. The zero-order valence-electron chi connectivity index (χ0n) is 15.6. The van der Waals surface area contributed by atoms with E-state index in [0.717, 1.165) is 61.5 Å². The van der Waals surface area contributed by atoms with Gasteiger partial charge in [-0.1, -0.05) is 60.7 Å². The first kappa shape index (κ1) is 16.8. The van der Waals surface area contributed by atoms with E-state index in [9.17, 15) is 0 Å². The van der Waals surface area contributed by atoms with Gasteiger partial charge in [0.1, 0.15) is 10.5 Å². The molecule has 4 nitrogen and oxygen atoms in total. The van der Waals surface area contributed by atoms with Crippen molar-refractivity contribution in [3.05, 3.63) is 78.0 Å². The highest BCUT2D eigenvalue weighted by molar-refractivity contribution is 7.25. The van der Waals surface area contributed by atoms with Crippen LogP contribution in [0.15, 0.2) is 66.7 Å². The molecule has 1 aliphatic heterocycles. The Morgan fingerprint density at radius 3 is 2.41 bits per heavy atom. The van der Waals surface area contributed by atoms with Crippen molar-refractivity contribution < 1.29 is 4.74 Å². The Hall–Kier alpha value is -3.15. The molecule has 0 saturated heterocycles. The van der Waals surface area contributed by atoms with Crippen LogP contribution in [0.2, 0.25) is 0 Å². The lowest BCUT2D eigenvalue weighted by atomic mass is 9.96. The van der Waals surface area contributed by atoms with Gasteiger partial charge in [0.25, 0.3) is 0 Å². The van der Waals surface area contributed by atoms with Gasteiger partial charge in [-0.15, -0.1) is 21.5 Å². The topological polar surface area (TPSA) is 47.9 Å². The number of hydrogen-bond donors (Lipinski definition) is 0. The van der Waals surface area contributed by atoms with Crippen LogP contribution in [-0.2, 0) is 17.8 Å². The second kappa shape index (κ2) is 6.72. The average Bonchev–Trinajstić information content (AvgIpc) is 3.15. The molecule has 0 N–H and O–H groups in total. The molecule has 0 atom stereocenters. The summed E-state index contributed by atoms with van der Waals surface area (Å²) in [6.45, 7) is 1.37. The fraction of sp³-hybridized carbons (Fsp3) is 0.125. The Morgan fingerprint density at radius 2 is 1.62 bits per heavy atom. The minimum Gasteiger partial charge on any atom is -0.376 e. The average molecular weight is 395 g/mol. The second-order valence-corrected chi connectivity index (χ2v) is 8.21. The number of aromatic nitrogens is 3. The number of rotatable bonds is 2. The molecule has 0 bridgehead atoms. The van der Waals surface area contributed by atoms with E-state index in [4.69, 9.17) is 9.72 Å². The number of fused-ring (bicyclic) bond motifs is 4. The lowest BCUT2D eigenvalue weighted by Gasteiger charge is -2.15. The summed E-state index contributed by atoms with van der Waals surface area (Å²) in [5, 5.41) is 10.4. The number of thiophene rings is 1. The molecule has 0 amide bonds. The third-order valence-corrected chi connectivity index (χ3v) is 6.40. The zero-order chi connectivity index (χ0) is 19.2. The molecule has 29 heavy (non-hydrogen) atoms. The van der Waals surface area contributed by atoms with E-state index in [-0.39, 0.29) is 0 Å². The van der Waals surface area contributed by atoms with Crippen LogP contribution in [-0.4, -0.2) is 21.8 Å². The summed E-state index contributed by atoms with van der Waals surface area (Å²) >= 11 is 1.66. The summed E-state index contributed by atoms with van der Waals surface area (Å²) in [6.07, 6.45) is 0.855. The summed E-state index contributed by atoms with van der Waals surface area (Å²) in [4.78, 5) is 6.01. The van der Waals surface area contributed by atoms with Crippen LogP contribution < -0.4 is 0 Å². The predicted molar refractivity (Wildman–Crippen MR) is 117 cm³/mol. The van der Waals surface area contributed by atoms with Gasteiger partial charge in [0.15, 0.2) is 0 Å². The molecule has 0 unspecified atom stereocenters. The number of nitrogens with zero attached hydrogens (tertiary/aromatic N) is 3. The first-order valence-electron chi connectivity index (χ1n) is 9.69. The Morgan fingerprint density at radius 1 is 0.862 bits per heavy atom.